The van der Waals surface area contributed by atoms with Crippen LogP contribution >= 0.6 is 11.8 Å². The lowest BCUT2D eigenvalue weighted by Gasteiger charge is -2.12. The summed E-state index contributed by atoms with van der Waals surface area (Å²) in [5.41, 5.74) is 0.901. The maximum atomic E-state index is 12.0. The second-order valence-electron chi connectivity index (χ2n) is 6.39. The summed E-state index contributed by atoms with van der Waals surface area (Å²) in [6.45, 7) is 0. The molecule has 9 heteroatoms. The molecule has 27 heavy (non-hydrogen) atoms. The van der Waals surface area contributed by atoms with Crippen LogP contribution in [-0.2, 0) is 11.8 Å². The van der Waals surface area contributed by atoms with E-state index in [1.807, 2.05) is 35.9 Å². The molecule has 0 aliphatic heterocycles. The highest BCUT2D eigenvalue weighted by atomic mass is 32.2. The van der Waals surface area contributed by atoms with Crippen LogP contribution in [0.5, 0.6) is 5.75 Å². The molecule has 0 spiro atoms. The second kappa shape index (κ2) is 8.90. The minimum Gasteiger partial charge on any atom is -0.497 e. The molecule has 1 aromatic heterocycles. The number of hydrogen-bond acceptors (Lipinski definition) is 6. The highest BCUT2D eigenvalue weighted by molar-refractivity contribution is 7.99. The molecule has 0 saturated heterocycles. The van der Waals surface area contributed by atoms with Crippen molar-refractivity contribution in [2.45, 2.75) is 36.9 Å². The van der Waals surface area contributed by atoms with E-state index in [-0.39, 0.29) is 17.7 Å². The van der Waals surface area contributed by atoms with E-state index in [9.17, 15) is 9.59 Å². The van der Waals surface area contributed by atoms with Crippen molar-refractivity contribution in [1.29, 1.82) is 0 Å². The topological polar surface area (TPSA) is 98.1 Å². The van der Waals surface area contributed by atoms with Crippen LogP contribution in [0.1, 0.15) is 25.7 Å². The number of rotatable bonds is 6. The molecule has 0 unspecified atom stereocenters. The Kier molecular flexibility index (Phi) is 6.33. The Labute approximate surface area is 162 Å². The molecule has 1 aliphatic carbocycles. The van der Waals surface area contributed by atoms with Crippen molar-refractivity contribution >= 4 is 23.7 Å². The van der Waals surface area contributed by atoms with Crippen LogP contribution in [0.25, 0.3) is 11.4 Å². The van der Waals surface area contributed by atoms with E-state index < -0.39 is 6.03 Å². The summed E-state index contributed by atoms with van der Waals surface area (Å²) in [6, 6.07) is 7.26. The first-order valence-electron chi connectivity index (χ1n) is 8.84. The third-order valence-electron chi connectivity index (χ3n) is 4.46. The van der Waals surface area contributed by atoms with Crippen LogP contribution in [0.3, 0.4) is 0 Å². The minimum atomic E-state index is -0.426. The molecule has 8 nitrogen and oxygen atoms in total. The number of nitrogens with zero attached hydrogens (tertiary/aromatic N) is 3. The van der Waals surface area contributed by atoms with E-state index in [0.717, 1.165) is 37.0 Å². The standard InChI is InChI=1S/C18H23N5O3S/c1-23-16(12-7-9-14(26-2)10-8-12)21-22-18(23)27-11-15(24)20-17(25)19-13-5-3-4-6-13/h7-10,13H,3-6,11H2,1-2H3,(H2,19,20,24,25). The van der Waals surface area contributed by atoms with Gasteiger partial charge in [0.05, 0.1) is 12.9 Å². The van der Waals surface area contributed by atoms with Gasteiger partial charge in [-0.3, -0.25) is 10.1 Å². The summed E-state index contributed by atoms with van der Waals surface area (Å²) in [5.74, 6) is 1.19. The quantitative estimate of drug-likeness (QED) is 0.736. The van der Waals surface area contributed by atoms with Crippen molar-refractivity contribution < 1.29 is 14.3 Å². The first kappa shape index (κ1) is 19.2. The number of hydrogen-bond donors (Lipinski definition) is 2. The van der Waals surface area contributed by atoms with Crippen LogP contribution in [0.15, 0.2) is 29.4 Å². The number of imide groups is 1. The number of nitrogens with one attached hydrogen (secondary N) is 2. The average molecular weight is 389 g/mol. The number of ether oxygens (including phenoxy) is 1. The van der Waals surface area contributed by atoms with Gasteiger partial charge in [-0.05, 0) is 37.1 Å². The Morgan fingerprint density at radius 1 is 1.22 bits per heavy atom. The monoisotopic (exact) mass is 389 g/mol. The van der Waals surface area contributed by atoms with Crippen molar-refractivity contribution in [3.63, 3.8) is 0 Å². The van der Waals surface area contributed by atoms with E-state index in [4.69, 9.17) is 4.74 Å². The van der Waals surface area contributed by atoms with Gasteiger partial charge in [0, 0.05) is 18.7 Å². The second-order valence-corrected chi connectivity index (χ2v) is 7.33. The molecule has 2 aromatic rings. The van der Waals surface area contributed by atoms with Gasteiger partial charge in [0.25, 0.3) is 0 Å². The average Bonchev–Trinajstić information content (AvgIpc) is 3.30. The molecule has 1 heterocycles. The Morgan fingerprint density at radius 3 is 2.59 bits per heavy atom. The van der Waals surface area contributed by atoms with Gasteiger partial charge in [0.1, 0.15) is 5.75 Å². The number of methoxy groups -OCH3 is 1. The molecule has 0 bridgehead atoms. The van der Waals surface area contributed by atoms with Gasteiger partial charge in [0.15, 0.2) is 11.0 Å². The zero-order valence-electron chi connectivity index (χ0n) is 15.4. The van der Waals surface area contributed by atoms with Crippen molar-refractivity contribution in [1.82, 2.24) is 25.4 Å². The summed E-state index contributed by atoms with van der Waals surface area (Å²) in [6.07, 6.45) is 4.20. The van der Waals surface area contributed by atoms with Gasteiger partial charge in [-0.25, -0.2) is 4.79 Å². The number of urea groups is 1. The molecule has 2 N–H and O–H groups in total. The highest BCUT2D eigenvalue weighted by Crippen LogP contribution is 2.24. The molecule has 1 fully saturated rings. The molecule has 1 aliphatic rings. The largest absolute Gasteiger partial charge is 0.497 e. The van der Waals surface area contributed by atoms with Gasteiger partial charge in [-0.2, -0.15) is 0 Å². The number of benzene rings is 1. The number of carbonyl (C=O) groups is 2. The summed E-state index contributed by atoms with van der Waals surface area (Å²) in [7, 11) is 3.46. The highest BCUT2D eigenvalue weighted by Gasteiger charge is 2.19. The number of amides is 3. The van der Waals surface area contributed by atoms with E-state index in [1.165, 1.54) is 11.8 Å². The van der Waals surface area contributed by atoms with E-state index in [2.05, 4.69) is 20.8 Å². The molecule has 144 valence electrons. The van der Waals surface area contributed by atoms with Crippen molar-refractivity contribution in [2.75, 3.05) is 12.9 Å². The fraction of sp³-hybridized carbons (Fsp3) is 0.444. The maximum Gasteiger partial charge on any atom is 0.321 e. The summed E-state index contributed by atoms with van der Waals surface area (Å²) in [5, 5.41) is 14.1. The van der Waals surface area contributed by atoms with Crippen molar-refractivity contribution in [2.24, 2.45) is 7.05 Å². The Morgan fingerprint density at radius 2 is 1.93 bits per heavy atom. The normalized spacial score (nSPS) is 14.1. The van der Waals surface area contributed by atoms with Crippen LogP contribution < -0.4 is 15.4 Å². The van der Waals surface area contributed by atoms with Gasteiger partial charge < -0.3 is 14.6 Å². The van der Waals surface area contributed by atoms with Gasteiger partial charge in [0.2, 0.25) is 5.91 Å². The van der Waals surface area contributed by atoms with Gasteiger partial charge in [-0.15, -0.1) is 10.2 Å². The summed E-state index contributed by atoms with van der Waals surface area (Å²) in [4.78, 5) is 23.8. The molecule has 0 radical (unpaired) electrons. The van der Waals surface area contributed by atoms with Crippen LogP contribution in [-0.4, -0.2) is 45.6 Å². The third-order valence-corrected chi connectivity index (χ3v) is 5.48. The molecular weight excluding hydrogens is 366 g/mol. The Hall–Kier alpha value is -2.55. The van der Waals surface area contributed by atoms with E-state index in [0.29, 0.717) is 11.0 Å². The number of carbonyl (C=O) groups excluding carboxylic acids is 2. The molecule has 1 aromatic carbocycles. The van der Waals surface area contributed by atoms with Crippen molar-refractivity contribution in [3.05, 3.63) is 24.3 Å². The van der Waals surface area contributed by atoms with Gasteiger partial charge in [-0.1, -0.05) is 24.6 Å². The maximum absolute atomic E-state index is 12.0. The summed E-state index contributed by atoms with van der Waals surface area (Å²) >= 11 is 1.24. The molecule has 3 rings (SSSR count). The van der Waals surface area contributed by atoms with Crippen LogP contribution in [0.4, 0.5) is 4.79 Å². The Balaban J connectivity index is 1.52. The van der Waals surface area contributed by atoms with Crippen molar-refractivity contribution in [3.8, 4) is 17.1 Å². The molecule has 0 atom stereocenters. The molecule has 3 amide bonds. The first-order chi connectivity index (χ1) is 13.1. The van der Waals surface area contributed by atoms with Gasteiger partial charge >= 0.3 is 6.03 Å². The van der Waals surface area contributed by atoms with E-state index >= 15 is 0 Å². The number of thioether (sulfide) groups is 1. The molecule has 1 saturated carbocycles. The molecular formula is C18H23N5O3S. The lowest BCUT2D eigenvalue weighted by molar-refractivity contribution is -0.117. The van der Waals surface area contributed by atoms with Crippen LogP contribution in [0.2, 0.25) is 0 Å². The first-order valence-corrected chi connectivity index (χ1v) is 9.82. The summed E-state index contributed by atoms with van der Waals surface area (Å²) < 4.78 is 6.97. The Bertz CT molecular complexity index is 800. The zero-order chi connectivity index (χ0) is 19.2. The zero-order valence-corrected chi connectivity index (χ0v) is 16.2. The lowest BCUT2D eigenvalue weighted by Crippen LogP contribution is -2.44. The fourth-order valence-electron chi connectivity index (χ4n) is 3.02. The minimum absolute atomic E-state index is 0.0900. The third kappa shape index (κ3) is 5.00. The lowest BCUT2D eigenvalue weighted by atomic mass is 10.2. The number of aromatic nitrogens is 3. The predicted octanol–water partition coefficient (Wildman–Crippen LogP) is 2.35. The van der Waals surface area contributed by atoms with E-state index in [1.54, 1.807) is 7.11 Å². The fourth-order valence-corrected chi connectivity index (χ4v) is 3.73. The van der Waals surface area contributed by atoms with Crippen LogP contribution in [0, 0.1) is 0 Å². The predicted molar refractivity (Wildman–Crippen MR) is 103 cm³/mol. The smallest absolute Gasteiger partial charge is 0.321 e. The SMILES string of the molecule is COc1ccc(-c2nnc(SCC(=O)NC(=O)NC3CCCC3)n2C)cc1.